The number of carbonyl (C=O) groups excluding carboxylic acids is 1. The minimum atomic E-state index is -0.247. The number of nitrogens with zero attached hydrogens (tertiary/aromatic N) is 2. The lowest BCUT2D eigenvalue weighted by molar-refractivity contribution is 0.0209. The molecule has 2 N–H and O–H groups in total. The molecule has 1 amide bonds. The van der Waals surface area contributed by atoms with E-state index in [0.29, 0.717) is 5.69 Å². The van der Waals surface area contributed by atoms with Crippen molar-refractivity contribution in [3.8, 4) is 0 Å². The van der Waals surface area contributed by atoms with Crippen LogP contribution in [0.5, 0.6) is 0 Å². The Kier molecular flexibility index (Phi) is 3.78. The highest BCUT2D eigenvalue weighted by atomic mass is 16.3. The van der Waals surface area contributed by atoms with Crippen molar-refractivity contribution in [1.29, 1.82) is 0 Å². The zero-order valence-electron chi connectivity index (χ0n) is 12.0. The van der Waals surface area contributed by atoms with Crippen molar-refractivity contribution in [1.82, 2.24) is 15.1 Å². The molecule has 1 saturated carbocycles. The van der Waals surface area contributed by atoms with Crippen molar-refractivity contribution in [3.05, 3.63) is 17.5 Å². The fourth-order valence-corrected chi connectivity index (χ4v) is 3.75. The summed E-state index contributed by atoms with van der Waals surface area (Å²) < 4.78 is 0. The second-order valence-corrected chi connectivity index (χ2v) is 6.16. The first-order valence-corrected chi connectivity index (χ1v) is 7.68. The van der Waals surface area contributed by atoms with Crippen LogP contribution in [-0.4, -0.2) is 44.8 Å². The molecule has 0 bridgehead atoms. The first-order chi connectivity index (χ1) is 9.66. The van der Waals surface area contributed by atoms with Gasteiger partial charge in [-0.1, -0.05) is 12.8 Å². The molecule has 3 rings (SSSR count). The molecule has 20 heavy (non-hydrogen) atoms. The van der Waals surface area contributed by atoms with Crippen LogP contribution in [0.15, 0.2) is 6.07 Å². The molecule has 2 aliphatic rings. The minimum absolute atomic E-state index is 0.00891. The van der Waals surface area contributed by atoms with Crippen LogP contribution >= 0.6 is 0 Å². The number of aliphatic hydroxyl groups excluding tert-OH is 1. The standard InChI is InChI=1S/C15H23N3O2/c1-10-9-12(17-16-10)15(20)18-8-4-6-13(18)11-5-2-3-7-14(11)19/h9,11,13-14,19H,2-8H2,1H3,(H,16,17)/t11-,13+,14-/m0/s1. The molecule has 3 atom stereocenters. The number of H-pyrrole nitrogens is 1. The van der Waals surface area contributed by atoms with Crippen molar-refractivity contribution < 1.29 is 9.90 Å². The van der Waals surface area contributed by atoms with E-state index in [1.165, 1.54) is 6.42 Å². The van der Waals surface area contributed by atoms with Crippen molar-refractivity contribution in [2.24, 2.45) is 5.92 Å². The third-order valence-corrected chi connectivity index (χ3v) is 4.76. The van der Waals surface area contributed by atoms with Crippen LogP contribution < -0.4 is 0 Å². The summed E-state index contributed by atoms with van der Waals surface area (Å²) >= 11 is 0. The van der Waals surface area contributed by atoms with Gasteiger partial charge in [0.05, 0.1) is 6.10 Å². The SMILES string of the molecule is Cc1cc(C(=O)N2CCC[C@@H]2[C@@H]2CCCC[C@@H]2O)n[nH]1. The van der Waals surface area contributed by atoms with Gasteiger partial charge in [0, 0.05) is 24.2 Å². The van der Waals surface area contributed by atoms with Gasteiger partial charge in [-0.05, 0) is 38.7 Å². The molecule has 0 spiro atoms. The van der Waals surface area contributed by atoms with Gasteiger partial charge in [0.25, 0.3) is 5.91 Å². The van der Waals surface area contributed by atoms with Gasteiger partial charge < -0.3 is 10.0 Å². The van der Waals surface area contributed by atoms with Crippen LogP contribution in [0.1, 0.15) is 54.7 Å². The molecule has 2 heterocycles. The fourth-order valence-electron chi connectivity index (χ4n) is 3.75. The number of aromatic amines is 1. The number of carbonyl (C=O) groups is 1. The monoisotopic (exact) mass is 277 g/mol. The van der Waals surface area contributed by atoms with Crippen molar-refractivity contribution in [2.45, 2.75) is 57.6 Å². The Hall–Kier alpha value is -1.36. The van der Waals surface area contributed by atoms with E-state index in [-0.39, 0.29) is 24.0 Å². The van der Waals surface area contributed by atoms with Crippen LogP contribution in [0, 0.1) is 12.8 Å². The summed E-state index contributed by atoms with van der Waals surface area (Å²) in [5, 5.41) is 17.2. The normalized spacial score (nSPS) is 30.7. The average molecular weight is 277 g/mol. The van der Waals surface area contributed by atoms with Gasteiger partial charge >= 0.3 is 0 Å². The van der Waals surface area contributed by atoms with Gasteiger partial charge in [-0.15, -0.1) is 0 Å². The van der Waals surface area contributed by atoms with E-state index in [1.807, 2.05) is 11.8 Å². The number of aryl methyl sites for hydroxylation is 1. The van der Waals surface area contributed by atoms with Gasteiger partial charge in [-0.25, -0.2) is 0 Å². The quantitative estimate of drug-likeness (QED) is 0.867. The molecule has 110 valence electrons. The Morgan fingerprint density at radius 2 is 2.15 bits per heavy atom. The van der Waals surface area contributed by atoms with Gasteiger partial charge in [-0.2, -0.15) is 5.10 Å². The molecule has 0 radical (unpaired) electrons. The Bertz CT molecular complexity index is 485. The predicted octanol–water partition coefficient (Wildman–Crippen LogP) is 1.87. The Labute approximate surface area is 119 Å². The van der Waals surface area contributed by atoms with E-state index < -0.39 is 0 Å². The second kappa shape index (κ2) is 5.56. The summed E-state index contributed by atoms with van der Waals surface area (Å²) in [4.78, 5) is 14.5. The molecule has 1 aliphatic carbocycles. The molecule has 1 saturated heterocycles. The van der Waals surface area contributed by atoms with Crippen molar-refractivity contribution in [2.75, 3.05) is 6.54 Å². The summed E-state index contributed by atoms with van der Waals surface area (Å²) in [6.45, 7) is 2.69. The highest BCUT2D eigenvalue weighted by Crippen LogP contribution is 2.35. The molecule has 5 heteroatoms. The first kappa shape index (κ1) is 13.6. The fraction of sp³-hybridized carbons (Fsp3) is 0.733. The largest absolute Gasteiger partial charge is 0.393 e. The topological polar surface area (TPSA) is 69.2 Å². The lowest BCUT2D eigenvalue weighted by atomic mass is 9.80. The van der Waals surface area contributed by atoms with Crippen molar-refractivity contribution in [3.63, 3.8) is 0 Å². The number of aliphatic hydroxyl groups is 1. The van der Waals surface area contributed by atoms with Crippen LogP contribution in [0.2, 0.25) is 0 Å². The van der Waals surface area contributed by atoms with E-state index >= 15 is 0 Å². The van der Waals surface area contributed by atoms with Crippen molar-refractivity contribution >= 4 is 5.91 Å². The third kappa shape index (κ3) is 2.46. The number of aromatic nitrogens is 2. The molecule has 0 unspecified atom stereocenters. The van der Waals surface area contributed by atoms with E-state index in [1.54, 1.807) is 6.07 Å². The number of nitrogens with one attached hydrogen (secondary N) is 1. The maximum absolute atomic E-state index is 12.6. The maximum Gasteiger partial charge on any atom is 0.274 e. The maximum atomic E-state index is 12.6. The zero-order chi connectivity index (χ0) is 14.1. The molecule has 2 fully saturated rings. The smallest absolute Gasteiger partial charge is 0.274 e. The number of amides is 1. The molecule has 1 aromatic heterocycles. The zero-order valence-corrected chi connectivity index (χ0v) is 12.0. The molecule has 1 aromatic rings. The number of hydrogen-bond acceptors (Lipinski definition) is 3. The lowest BCUT2D eigenvalue weighted by Crippen LogP contribution is -2.45. The predicted molar refractivity (Wildman–Crippen MR) is 75.3 cm³/mol. The van der Waals surface area contributed by atoms with E-state index in [0.717, 1.165) is 44.3 Å². The average Bonchev–Trinajstić information content (AvgIpc) is 3.07. The highest BCUT2D eigenvalue weighted by Gasteiger charge is 2.39. The summed E-state index contributed by atoms with van der Waals surface area (Å²) in [6.07, 6.45) is 5.99. The number of rotatable bonds is 2. The van der Waals surface area contributed by atoms with Gasteiger partial charge in [0.15, 0.2) is 0 Å². The van der Waals surface area contributed by atoms with Crippen LogP contribution in [0.25, 0.3) is 0 Å². The minimum Gasteiger partial charge on any atom is -0.393 e. The first-order valence-electron chi connectivity index (χ1n) is 7.68. The summed E-state index contributed by atoms with van der Waals surface area (Å²) in [5.41, 5.74) is 1.40. The van der Waals surface area contributed by atoms with Gasteiger partial charge in [-0.3, -0.25) is 9.89 Å². The Morgan fingerprint density at radius 1 is 1.35 bits per heavy atom. The van der Waals surface area contributed by atoms with E-state index in [4.69, 9.17) is 0 Å². The Balaban J connectivity index is 1.76. The molecule has 1 aliphatic heterocycles. The molecule has 0 aromatic carbocycles. The lowest BCUT2D eigenvalue weighted by Gasteiger charge is -2.36. The van der Waals surface area contributed by atoms with Gasteiger partial charge in [0.2, 0.25) is 0 Å². The van der Waals surface area contributed by atoms with Crippen LogP contribution in [-0.2, 0) is 0 Å². The highest BCUT2D eigenvalue weighted by molar-refractivity contribution is 5.92. The number of likely N-dealkylation sites (tertiary alicyclic amines) is 1. The van der Waals surface area contributed by atoms with Crippen LogP contribution in [0.4, 0.5) is 0 Å². The number of hydrogen-bond donors (Lipinski definition) is 2. The summed E-state index contributed by atoms with van der Waals surface area (Å²) in [5.74, 6) is 0.255. The van der Waals surface area contributed by atoms with Gasteiger partial charge in [0.1, 0.15) is 5.69 Å². The van der Waals surface area contributed by atoms with E-state index in [2.05, 4.69) is 10.2 Å². The van der Waals surface area contributed by atoms with Crippen LogP contribution in [0.3, 0.4) is 0 Å². The molecular weight excluding hydrogens is 254 g/mol. The second-order valence-electron chi connectivity index (χ2n) is 6.16. The molecule has 5 nitrogen and oxygen atoms in total. The molecular formula is C15H23N3O2. The summed E-state index contributed by atoms with van der Waals surface area (Å²) in [7, 11) is 0. The Morgan fingerprint density at radius 3 is 2.85 bits per heavy atom. The summed E-state index contributed by atoms with van der Waals surface area (Å²) in [6, 6.07) is 1.99. The third-order valence-electron chi connectivity index (χ3n) is 4.76. The van der Waals surface area contributed by atoms with E-state index in [9.17, 15) is 9.90 Å².